The summed E-state index contributed by atoms with van der Waals surface area (Å²) in [4.78, 5) is 0. The number of hydrogen-bond acceptors (Lipinski definition) is 0. The Bertz CT molecular complexity index is 1260. The first-order chi connectivity index (χ1) is 15.9. The molecule has 2 aliphatic carbocycles. The fourth-order valence-corrected chi connectivity index (χ4v) is 5.57. The van der Waals surface area contributed by atoms with E-state index in [9.17, 15) is 0 Å². The minimum atomic E-state index is -0.407. The normalized spacial score (nSPS) is 14.7. The number of allylic oxidation sites excluding steroid dienone is 6. The van der Waals surface area contributed by atoms with Crippen molar-refractivity contribution in [3.8, 4) is 0 Å². The Morgan fingerprint density at radius 3 is 1.50 bits per heavy atom. The number of rotatable bonds is 4. The molecule has 0 heteroatoms. The van der Waals surface area contributed by atoms with Gasteiger partial charge in [0.15, 0.2) is 0 Å². The van der Waals surface area contributed by atoms with Gasteiger partial charge >= 0.3 is 0 Å². The summed E-state index contributed by atoms with van der Waals surface area (Å²) in [5, 5.41) is 0. The van der Waals surface area contributed by atoms with Crippen LogP contribution >= 0.6 is 0 Å². The van der Waals surface area contributed by atoms with Crippen LogP contribution in [0.3, 0.4) is 0 Å². The Morgan fingerprint density at radius 2 is 0.969 bits per heavy atom. The SMILES string of the molecule is C1=CCC2=C(C(c3ccccc3)(c3ccccc3)c3ccccc3)c3ccccc3C2=C1. The maximum absolute atomic E-state index is 2.31. The highest BCUT2D eigenvalue weighted by atomic mass is 14.5. The molecule has 0 nitrogen and oxygen atoms in total. The maximum atomic E-state index is 2.31. The molecule has 0 saturated carbocycles. The zero-order valence-electron chi connectivity index (χ0n) is 17.9. The molecule has 0 N–H and O–H groups in total. The molecule has 32 heavy (non-hydrogen) atoms. The van der Waals surface area contributed by atoms with E-state index in [-0.39, 0.29) is 0 Å². The standard InChI is InChI=1S/C32H24/c1-4-14-24(15-5-1)32(25-16-6-2-7-17-25,26-18-8-3-9-19-26)31-29-22-12-10-20-27(29)28-21-11-13-23-30(28)31/h1-22H,23H2. The van der Waals surface area contributed by atoms with Gasteiger partial charge in [0.2, 0.25) is 0 Å². The average molecular weight is 409 g/mol. The number of fused-ring (bicyclic) bond motifs is 3. The Kier molecular flexibility index (Phi) is 4.51. The molecule has 0 spiro atoms. The Balaban J connectivity index is 1.81. The number of hydrogen-bond donors (Lipinski definition) is 0. The molecular formula is C32H24. The monoisotopic (exact) mass is 408 g/mol. The van der Waals surface area contributed by atoms with Gasteiger partial charge in [-0.2, -0.15) is 0 Å². The quantitative estimate of drug-likeness (QED) is 0.302. The lowest BCUT2D eigenvalue weighted by atomic mass is 9.62. The van der Waals surface area contributed by atoms with Crippen LogP contribution in [0.5, 0.6) is 0 Å². The predicted molar refractivity (Wildman–Crippen MR) is 134 cm³/mol. The van der Waals surface area contributed by atoms with Gasteiger partial charge in [-0.05, 0) is 51.0 Å². The lowest BCUT2D eigenvalue weighted by Gasteiger charge is -2.39. The fourth-order valence-electron chi connectivity index (χ4n) is 5.57. The van der Waals surface area contributed by atoms with Gasteiger partial charge < -0.3 is 0 Å². The van der Waals surface area contributed by atoms with Crippen LogP contribution in [-0.4, -0.2) is 0 Å². The maximum Gasteiger partial charge on any atom is 0.0710 e. The van der Waals surface area contributed by atoms with Crippen molar-refractivity contribution in [3.63, 3.8) is 0 Å². The zero-order valence-corrected chi connectivity index (χ0v) is 17.9. The first-order valence-electron chi connectivity index (χ1n) is 11.3. The van der Waals surface area contributed by atoms with Gasteiger partial charge in [-0.25, -0.2) is 0 Å². The average Bonchev–Trinajstić information content (AvgIpc) is 3.22. The molecule has 0 radical (unpaired) electrons. The van der Waals surface area contributed by atoms with E-state index in [0.29, 0.717) is 0 Å². The van der Waals surface area contributed by atoms with Crippen LogP contribution in [0.15, 0.2) is 139 Å². The lowest BCUT2D eigenvalue weighted by Crippen LogP contribution is -2.31. The molecule has 6 rings (SSSR count). The molecule has 4 aromatic carbocycles. The number of benzene rings is 4. The van der Waals surface area contributed by atoms with Gasteiger partial charge in [-0.15, -0.1) is 0 Å². The Labute approximate surface area is 189 Å². The van der Waals surface area contributed by atoms with E-state index in [1.807, 2.05) is 0 Å². The first-order valence-corrected chi connectivity index (χ1v) is 11.3. The van der Waals surface area contributed by atoms with Gasteiger partial charge in [-0.3, -0.25) is 0 Å². The van der Waals surface area contributed by atoms with Crippen molar-refractivity contribution in [2.75, 3.05) is 0 Å². The van der Waals surface area contributed by atoms with Crippen molar-refractivity contribution in [2.45, 2.75) is 11.8 Å². The van der Waals surface area contributed by atoms with Gasteiger partial charge in [0.05, 0.1) is 5.41 Å². The molecule has 0 fully saturated rings. The van der Waals surface area contributed by atoms with Crippen LogP contribution in [0.2, 0.25) is 0 Å². The van der Waals surface area contributed by atoms with E-state index in [0.717, 1.165) is 6.42 Å². The van der Waals surface area contributed by atoms with Crippen molar-refractivity contribution in [1.82, 2.24) is 0 Å². The molecule has 0 heterocycles. The molecular weight excluding hydrogens is 384 g/mol. The van der Waals surface area contributed by atoms with E-state index in [4.69, 9.17) is 0 Å². The second-order valence-corrected chi connectivity index (χ2v) is 8.46. The minimum absolute atomic E-state index is 0.407. The Morgan fingerprint density at radius 1 is 0.500 bits per heavy atom. The van der Waals surface area contributed by atoms with Crippen LogP contribution in [0.4, 0.5) is 0 Å². The van der Waals surface area contributed by atoms with Gasteiger partial charge in [0.25, 0.3) is 0 Å². The van der Waals surface area contributed by atoms with Crippen molar-refractivity contribution in [3.05, 3.63) is 167 Å². The largest absolute Gasteiger partial charge is 0.0801 e. The molecule has 0 saturated heterocycles. The van der Waals surface area contributed by atoms with Crippen molar-refractivity contribution < 1.29 is 0 Å². The highest BCUT2D eigenvalue weighted by Crippen LogP contribution is 2.57. The molecule has 0 aliphatic heterocycles. The van der Waals surface area contributed by atoms with Crippen LogP contribution < -0.4 is 0 Å². The van der Waals surface area contributed by atoms with Crippen molar-refractivity contribution in [2.24, 2.45) is 0 Å². The second-order valence-electron chi connectivity index (χ2n) is 8.46. The summed E-state index contributed by atoms with van der Waals surface area (Å²) in [7, 11) is 0. The van der Waals surface area contributed by atoms with Crippen LogP contribution in [0.1, 0.15) is 34.2 Å². The predicted octanol–water partition coefficient (Wildman–Crippen LogP) is 7.83. The molecule has 152 valence electrons. The lowest BCUT2D eigenvalue weighted by molar-refractivity contribution is 0.797. The van der Waals surface area contributed by atoms with Crippen LogP contribution in [0, 0.1) is 0 Å². The van der Waals surface area contributed by atoms with Crippen molar-refractivity contribution >= 4 is 11.1 Å². The summed E-state index contributed by atoms with van der Waals surface area (Å²) >= 11 is 0. The van der Waals surface area contributed by atoms with Crippen LogP contribution in [-0.2, 0) is 5.41 Å². The molecule has 0 atom stereocenters. The molecule has 0 bridgehead atoms. The summed E-state index contributed by atoms with van der Waals surface area (Å²) in [6, 6.07) is 42.0. The zero-order chi connectivity index (χ0) is 21.4. The third-order valence-corrected chi connectivity index (χ3v) is 6.83. The molecule has 2 aliphatic rings. The van der Waals surface area contributed by atoms with E-state index >= 15 is 0 Å². The van der Waals surface area contributed by atoms with Crippen LogP contribution in [0.25, 0.3) is 11.1 Å². The third-order valence-electron chi connectivity index (χ3n) is 6.83. The molecule has 0 unspecified atom stereocenters. The summed E-state index contributed by atoms with van der Waals surface area (Å²) < 4.78 is 0. The van der Waals surface area contributed by atoms with E-state index < -0.39 is 5.41 Å². The summed E-state index contributed by atoms with van der Waals surface area (Å²) in [6.07, 6.45) is 7.73. The molecule has 0 amide bonds. The van der Waals surface area contributed by atoms with E-state index in [1.165, 1.54) is 44.5 Å². The summed E-state index contributed by atoms with van der Waals surface area (Å²) in [5.74, 6) is 0. The Hall–Kier alpha value is -3.90. The fraction of sp³-hybridized carbons (Fsp3) is 0.0625. The van der Waals surface area contributed by atoms with E-state index in [2.05, 4.69) is 133 Å². The second kappa shape index (κ2) is 7.66. The van der Waals surface area contributed by atoms with Gasteiger partial charge in [0, 0.05) is 0 Å². The topological polar surface area (TPSA) is 0 Å². The summed E-state index contributed by atoms with van der Waals surface area (Å²) in [5.41, 5.74) is 10.4. The van der Waals surface area contributed by atoms with Gasteiger partial charge in [0.1, 0.15) is 0 Å². The van der Waals surface area contributed by atoms with Gasteiger partial charge in [-0.1, -0.05) is 133 Å². The smallest absolute Gasteiger partial charge is 0.0710 e. The minimum Gasteiger partial charge on any atom is -0.0801 e. The molecule has 4 aromatic rings. The summed E-state index contributed by atoms with van der Waals surface area (Å²) in [6.45, 7) is 0. The van der Waals surface area contributed by atoms with E-state index in [1.54, 1.807) is 0 Å². The first kappa shape index (κ1) is 18.8. The van der Waals surface area contributed by atoms with Crippen molar-refractivity contribution in [1.29, 1.82) is 0 Å². The highest BCUT2D eigenvalue weighted by Gasteiger charge is 2.45. The third kappa shape index (κ3) is 2.70. The highest BCUT2D eigenvalue weighted by molar-refractivity contribution is 6.06. The molecule has 0 aromatic heterocycles.